The molecule has 0 atom stereocenters. The Kier molecular flexibility index (Phi) is 5.01. The molecule has 2 heterocycles. The third-order valence-corrected chi connectivity index (χ3v) is 5.34. The number of hydrogen-bond acceptors (Lipinski definition) is 3. The van der Waals surface area contributed by atoms with Gasteiger partial charge in [-0.3, -0.25) is 4.79 Å². The van der Waals surface area contributed by atoms with E-state index in [1.807, 2.05) is 48.7 Å². The molecule has 29 heavy (non-hydrogen) atoms. The van der Waals surface area contributed by atoms with E-state index in [9.17, 15) is 9.18 Å². The third-order valence-electron chi connectivity index (χ3n) is 5.34. The van der Waals surface area contributed by atoms with Crippen LogP contribution < -0.4 is 0 Å². The number of carbonyl (C=O) groups excluding carboxylic acids is 1. The van der Waals surface area contributed by atoms with Crippen molar-refractivity contribution in [2.24, 2.45) is 0 Å². The summed E-state index contributed by atoms with van der Waals surface area (Å²) in [5, 5.41) is 5.69. The Labute approximate surface area is 168 Å². The number of aromatic nitrogens is 3. The van der Waals surface area contributed by atoms with E-state index in [-0.39, 0.29) is 11.7 Å². The second-order valence-electron chi connectivity index (χ2n) is 7.39. The molecule has 5 nitrogen and oxygen atoms in total. The standard InChI is InChI=1S/C23H23FN4O/c1-15-19(11-12-22(29)27(3)14-17-7-6-8-18(24)13-17)16(2)28-23(25-15)20-9-4-5-10-21(20)26-28/h4-10,13H,11-12,14H2,1-3H3. The van der Waals surface area contributed by atoms with E-state index in [2.05, 4.69) is 5.10 Å². The summed E-state index contributed by atoms with van der Waals surface area (Å²) in [6.45, 7) is 4.38. The lowest BCUT2D eigenvalue weighted by Gasteiger charge is -2.18. The SMILES string of the molecule is Cc1nc2c3ccccc3nn2c(C)c1CCC(=O)N(C)Cc1cccc(F)c1. The van der Waals surface area contributed by atoms with Crippen LogP contribution in [0.1, 0.15) is 28.9 Å². The number of halogens is 1. The molecule has 1 amide bonds. The van der Waals surface area contributed by atoms with E-state index in [1.54, 1.807) is 18.0 Å². The first kappa shape index (κ1) is 19.1. The van der Waals surface area contributed by atoms with Crippen molar-refractivity contribution in [3.05, 3.63) is 76.9 Å². The zero-order valence-corrected chi connectivity index (χ0v) is 16.8. The Morgan fingerprint density at radius 2 is 1.93 bits per heavy atom. The molecule has 0 saturated heterocycles. The molecule has 0 unspecified atom stereocenters. The first-order valence-corrected chi connectivity index (χ1v) is 9.66. The van der Waals surface area contributed by atoms with E-state index >= 15 is 0 Å². The monoisotopic (exact) mass is 390 g/mol. The number of nitrogens with zero attached hydrogens (tertiary/aromatic N) is 4. The quantitative estimate of drug-likeness (QED) is 0.512. The van der Waals surface area contributed by atoms with Gasteiger partial charge in [0.2, 0.25) is 5.91 Å². The molecule has 0 aliphatic rings. The highest BCUT2D eigenvalue weighted by Crippen LogP contribution is 2.23. The summed E-state index contributed by atoms with van der Waals surface area (Å²) in [6, 6.07) is 14.3. The second-order valence-corrected chi connectivity index (χ2v) is 7.39. The third kappa shape index (κ3) is 3.70. The fraction of sp³-hybridized carbons (Fsp3) is 0.261. The predicted octanol–water partition coefficient (Wildman–Crippen LogP) is 4.23. The Morgan fingerprint density at radius 1 is 1.14 bits per heavy atom. The molecule has 4 aromatic rings. The van der Waals surface area contributed by atoms with Crippen LogP contribution in [0.15, 0.2) is 48.5 Å². The van der Waals surface area contributed by atoms with Crippen LogP contribution in [0.25, 0.3) is 16.6 Å². The van der Waals surface area contributed by atoms with Gasteiger partial charge in [-0.05, 0) is 55.7 Å². The maximum absolute atomic E-state index is 13.4. The minimum absolute atomic E-state index is 0.0128. The van der Waals surface area contributed by atoms with Crippen LogP contribution in [0.3, 0.4) is 0 Å². The van der Waals surface area contributed by atoms with Crippen molar-refractivity contribution >= 4 is 22.5 Å². The first-order valence-electron chi connectivity index (χ1n) is 9.66. The van der Waals surface area contributed by atoms with Gasteiger partial charge in [-0.25, -0.2) is 13.9 Å². The van der Waals surface area contributed by atoms with Crippen molar-refractivity contribution in [2.75, 3.05) is 7.05 Å². The van der Waals surface area contributed by atoms with Crippen LogP contribution in [0, 0.1) is 19.7 Å². The van der Waals surface area contributed by atoms with Gasteiger partial charge in [-0.2, -0.15) is 5.10 Å². The van der Waals surface area contributed by atoms with Crippen molar-refractivity contribution in [1.82, 2.24) is 19.5 Å². The van der Waals surface area contributed by atoms with Crippen LogP contribution in [0.4, 0.5) is 4.39 Å². The summed E-state index contributed by atoms with van der Waals surface area (Å²) < 4.78 is 15.2. The molecule has 0 bridgehead atoms. The van der Waals surface area contributed by atoms with Crippen LogP contribution in [-0.2, 0) is 17.8 Å². The second kappa shape index (κ2) is 7.62. The van der Waals surface area contributed by atoms with E-state index in [0.717, 1.165) is 39.1 Å². The van der Waals surface area contributed by atoms with E-state index < -0.39 is 0 Å². The maximum atomic E-state index is 13.4. The average Bonchev–Trinajstić information content (AvgIpc) is 3.06. The molecule has 2 aromatic carbocycles. The fourth-order valence-corrected chi connectivity index (χ4v) is 3.76. The van der Waals surface area contributed by atoms with Crippen LogP contribution in [-0.4, -0.2) is 32.5 Å². The molecular weight excluding hydrogens is 367 g/mol. The molecule has 0 radical (unpaired) electrons. The molecule has 0 N–H and O–H groups in total. The highest BCUT2D eigenvalue weighted by molar-refractivity contribution is 5.92. The van der Waals surface area contributed by atoms with Gasteiger partial charge < -0.3 is 4.90 Å². The summed E-state index contributed by atoms with van der Waals surface area (Å²) in [5.74, 6) is -0.278. The molecule has 0 saturated carbocycles. The van der Waals surface area contributed by atoms with Gasteiger partial charge >= 0.3 is 0 Å². The fourth-order valence-electron chi connectivity index (χ4n) is 3.76. The zero-order valence-electron chi connectivity index (χ0n) is 16.8. The Balaban J connectivity index is 1.53. The van der Waals surface area contributed by atoms with Gasteiger partial charge in [0.05, 0.1) is 5.52 Å². The van der Waals surface area contributed by atoms with Gasteiger partial charge in [0.15, 0.2) is 5.65 Å². The minimum atomic E-state index is -0.291. The highest BCUT2D eigenvalue weighted by Gasteiger charge is 2.16. The summed E-state index contributed by atoms with van der Waals surface area (Å²) in [4.78, 5) is 19.0. The van der Waals surface area contributed by atoms with Gasteiger partial charge in [-0.15, -0.1) is 0 Å². The molecule has 148 valence electrons. The Morgan fingerprint density at radius 3 is 2.72 bits per heavy atom. The Hall–Kier alpha value is -3.28. The van der Waals surface area contributed by atoms with Crippen molar-refractivity contribution < 1.29 is 9.18 Å². The number of benzene rings is 2. The van der Waals surface area contributed by atoms with Crippen LogP contribution in [0.5, 0.6) is 0 Å². The smallest absolute Gasteiger partial charge is 0.222 e. The van der Waals surface area contributed by atoms with Crippen molar-refractivity contribution in [1.29, 1.82) is 0 Å². The molecule has 0 aliphatic carbocycles. The normalized spacial score (nSPS) is 11.3. The van der Waals surface area contributed by atoms with E-state index in [4.69, 9.17) is 4.98 Å². The van der Waals surface area contributed by atoms with Crippen LogP contribution >= 0.6 is 0 Å². The van der Waals surface area contributed by atoms with E-state index in [1.165, 1.54) is 12.1 Å². The molecule has 0 aliphatic heterocycles. The van der Waals surface area contributed by atoms with Crippen molar-refractivity contribution in [3.8, 4) is 0 Å². The Bertz CT molecular complexity index is 1210. The lowest BCUT2D eigenvalue weighted by molar-refractivity contribution is -0.130. The summed E-state index contributed by atoms with van der Waals surface area (Å²) in [5.41, 5.74) is 5.49. The molecule has 2 aromatic heterocycles. The van der Waals surface area contributed by atoms with Crippen molar-refractivity contribution in [2.45, 2.75) is 33.2 Å². The van der Waals surface area contributed by atoms with Gasteiger partial charge in [0.1, 0.15) is 5.82 Å². The molecule has 0 fully saturated rings. The van der Waals surface area contributed by atoms with Gasteiger partial charge in [-0.1, -0.05) is 24.3 Å². The number of aryl methyl sites for hydroxylation is 2. The molecule has 4 rings (SSSR count). The summed E-state index contributed by atoms with van der Waals surface area (Å²) >= 11 is 0. The van der Waals surface area contributed by atoms with Gasteiger partial charge in [0, 0.05) is 36.8 Å². The number of rotatable bonds is 5. The summed E-state index contributed by atoms with van der Waals surface area (Å²) in [6.07, 6.45) is 0.949. The van der Waals surface area contributed by atoms with Gasteiger partial charge in [0.25, 0.3) is 0 Å². The predicted molar refractivity (Wildman–Crippen MR) is 111 cm³/mol. The number of hydrogen-bond donors (Lipinski definition) is 0. The average molecular weight is 390 g/mol. The zero-order chi connectivity index (χ0) is 20.5. The maximum Gasteiger partial charge on any atom is 0.222 e. The number of fused-ring (bicyclic) bond motifs is 3. The number of amides is 1. The largest absolute Gasteiger partial charge is 0.341 e. The lowest BCUT2D eigenvalue weighted by Crippen LogP contribution is -2.26. The lowest BCUT2D eigenvalue weighted by atomic mass is 10.1. The number of carbonyl (C=O) groups is 1. The minimum Gasteiger partial charge on any atom is -0.341 e. The molecular formula is C23H23FN4O. The molecule has 0 spiro atoms. The van der Waals surface area contributed by atoms with E-state index in [0.29, 0.717) is 19.4 Å². The first-order chi connectivity index (χ1) is 13.9. The summed E-state index contributed by atoms with van der Waals surface area (Å²) in [7, 11) is 1.74. The van der Waals surface area contributed by atoms with Crippen molar-refractivity contribution in [3.63, 3.8) is 0 Å². The molecule has 6 heteroatoms. The topological polar surface area (TPSA) is 50.5 Å². The van der Waals surface area contributed by atoms with Crippen LogP contribution in [0.2, 0.25) is 0 Å². The highest BCUT2D eigenvalue weighted by atomic mass is 19.1.